The quantitative estimate of drug-likeness (QED) is 0.206. The van der Waals surface area contributed by atoms with Crippen molar-refractivity contribution in [2.45, 2.75) is 56.9 Å². The zero-order valence-corrected chi connectivity index (χ0v) is 29.3. The van der Waals surface area contributed by atoms with Crippen molar-refractivity contribution in [3.05, 3.63) is 121 Å². The van der Waals surface area contributed by atoms with E-state index in [-0.39, 0.29) is 21.2 Å². The van der Waals surface area contributed by atoms with Crippen molar-refractivity contribution in [2.24, 2.45) is 5.92 Å². The molecule has 0 aliphatic carbocycles. The summed E-state index contributed by atoms with van der Waals surface area (Å²) in [5.74, 6) is 0.841. The van der Waals surface area contributed by atoms with Gasteiger partial charge >= 0.3 is 0 Å². The van der Waals surface area contributed by atoms with Gasteiger partial charge in [0.05, 0.1) is 5.25 Å². The van der Waals surface area contributed by atoms with Crippen LogP contribution in [0.15, 0.2) is 121 Å². The molecular weight excluding hydrogens is 581 g/mol. The molecule has 43 heavy (non-hydrogen) atoms. The van der Waals surface area contributed by atoms with E-state index in [9.17, 15) is 4.21 Å². The fraction of sp³-hybridized carbons (Fsp3) is 0.351. The summed E-state index contributed by atoms with van der Waals surface area (Å²) >= 11 is 0. The molecule has 3 nitrogen and oxygen atoms in total. The highest BCUT2D eigenvalue weighted by molar-refractivity contribution is 7.87. The molecule has 1 saturated heterocycles. The average molecular weight is 627 g/mol. The van der Waals surface area contributed by atoms with Gasteiger partial charge in [-0.1, -0.05) is 163 Å². The van der Waals surface area contributed by atoms with Gasteiger partial charge in [-0.25, -0.2) is 0 Å². The maximum Gasteiger partial charge on any atom is 0.261 e. The van der Waals surface area contributed by atoms with Crippen molar-refractivity contribution < 1.29 is 13.1 Å². The molecule has 0 bridgehead atoms. The molecule has 0 N–H and O–H groups in total. The third-order valence-corrected chi connectivity index (χ3v) is 21.0. The molecule has 0 radical (unpaired) electrons. The van der Waals surface area contributed by atoms with E-state index < -0.39 is 27.4 Å². The second kappa shape index (κ2) is 12.8. The van der Waals surface area contributed by atoms with Gasteiger partial charge in [-0.15, -0.1) is 0 Å². The van der Waals surface area contributed by atoms with Crippen LogP contribution in [0, 0.1) is 5.92 Å². The first-order valence-electron chi connectivity index (χ1n) is 15.4. The Morgan fingerprint density at radius 1 is 0.558 bits per heavy atom. The molecule has 1 fully saturated rings. The van der Waals surface area contributed by atoms with Crippen LogP contribution >= 0.6 is 0 Å². The third kappa shape index (κ3) is 6.05. The molecular formula is C37H46O3SSi2. The molecule has 0 amide bonds. The minimum atomic E-state index is -2.72. The molecule has 0 spiro atoms. The second-order valence-electron chi connectivity index (χ2n) is 13.8. The zero-order valence-electron chi connectivity index (χ0n) is 26.5. The summed E-state index contributed by atoms with van der Waals surface area (Å²) in [6.07, 6.45) is 0. The number of benzene rings is 4. The molecule has 1 aliphatic rings. The topological polar surface area (TPSA) is 35.5 Å². The van der Waals surface area contributed by atoms with Crippen molar-refractivity contribution in [2.75, 3.05) is 19.0 Å². The number of hydrogen-bond donors (Lipinski definition) is 0. The third-order valence-electron chi connectivity index (χ3n) is 9.05. The Morgan fingerprint density at radius 3 is 1.14 bits per heavy atom. The van der Waals surface area contributed by atoms with Gasteiger partial charge in [0.2, 0.25) is 0 Å². The normalized spacial score (nSPS) is 19.5. The lowest BCUT2D eigenvalue weighted by Gasteiger charge is -2.47. The van der Waals surface area contributed by atoms with Crippen LogP contribution in [0.4, 0.5) is 0 Å². The van der Waals surface area contributed by atoms with Gasteiger partial charge in [-0.2, -0.15) is 0 Å². The summed E-state index contributed by atoms with van der Waals surface area (Å²) in [6, 6.07) is 43.0. The van der Waals surface area contributed by atoms with Crippen LogP contribution in [-0.2, 0) is 19.7 Å². The fourth-order valence-corrected chi connectivity index (χ4v) is 17.7. The highest BCUT2D eigenvalue weighted by Crippen LogP contribution is 2.40. The highest BCUT2D eigenvalue weighted by atomic mass is 32.2. The van der Waals surface area contributed by atoms with Gasteiger partial charge in [0, 0.05) is 35.7 Å². The van der Waals surface area contributed by atoms with Crippen LogP contribution in [0.3, 0.4) is 0 Å². The Balaban J connectivity index is 1.45. The van der Waals surface area contributed by atoms with Crippen molar-refractivity contribution in [3.63, 3.8) is 0 Å². The van der Waals surface area contributed by atoms with E-state index in [0.717, 1.165) is 0 Å². The second-order valence-corrected chi connectivity index (χ2v) is 24.1. The zero-order chi connectivity index (χ0) is 30.7. The summed E-state index contributed by atoms with van der Waals surface area (Å²) in [4.78, 5) is 0. The van der Waals surface area contributed by atoms with Crippen LogP contribution in [-0.4, -0.2) is 45.1 Å². The highest BCUT2D eigenvalue weighted by Gasteiger charge is 2.54. The molecule has 6 heteroatoms. The predicted molar refractivity (Wildman–Crippen MR) is 187 cm³/mol. The lowest BCUT2D eigenvalue weighted by molar-refractivity contribution is 0.198. The molecule has 1 heterocycles. The standard InChI is InChI=1S/C37H46O3SSi2/c1-36(2,3)42(31-19-11-7-12-20-31,32-21-13-8-14-22-32)39-27-30-29-41(38)35(30)28-40-43(37(4,5)6,33-23-15-9-16-24-33)34-25-17-10-18-26-34/h7-26,30,35H,27-29H2,1-6H3/t30-,35+,41?/m0/s1. The smallest absolute Gasteiger partial charge is 0.261 e. The Hall–Kier alpha value is -2.62. The first-order valence-corrected chi connectivity index (χ1v) is 20.6. The Bertz CT molecular complexity index is 1400. The van der Waals surface area contributed by atoms with Crippen LogP contribution in [0.25, 0.3) is 0 Å². The molecule has 0 saturated carbocycles. The Morgan fingerprint density at radius 2 is 0.860 bits per heavy atom. The maximum atomic E-state index is 13.3. The maximum absolute atomic E-state index is 13.3. The lowest BCUT2D eigenvalue weighted by Crippen LogP contribution is -2.68. The fourth-order valence-electron chi connectivity index (χ4n) is 6.86. The first-order chi connectivity index (χ1) is 20.5. The van der Waals surface area contributed by atoms with Crippen molar-refractivity contribution in [1.29, 1.82) is 0 Å². The van der Waals surface area contributed by atoms with Gasteiger partial charge in [0.1, 0.15) is 0 Å². The minimum absolute atomic E-state index is 0.0557. The Labute approximate surface area is 263 Å². The minimum Gasteiger partial charge on any atom is -0.407 e. The van der Waals surface area contributed by atoms with E-state index >= 15 is 0 Å². The predicted octanol–water partition coefficient (Wildman–Crippen LogP) is 5.89. The van der Waals surface area contributed by atoms with Gasteiger partial charge in [0.25, 0.3) is 16.6 Å². The van der Waals surface area contributed by atoms with Crippen molar-refractivity contribution in [3.8, 4) is 0 Å². The van der Waals surface area contributed by atoms with Crippen molar-refractivity contribution >= 4 is 48.2 Å². The average Bonchev–Trinajstić information content (AvgIpc) is 2.99. The molecule has 1 aliphatic heterocycles. The van der Waals surface area contributed by atoms with Gasteiger partial charge < -0.3 is 8.85 Å². The van der Waals surface area contributed by atoms with E-state index in [2.05, 4.69) is 163 Å². The van der Waals surface area contributed by atoms with E-state index in [1.165, 1.54) is 20.7 Å². The summed E-state index contributed by atoms with van der Waals surface area (Å²) in [7, 11) is -6.33. The molecule has 4 aromatic carbocycles. The summed E-state index contributed by atoms with van der Waals surface area (Å²) in [5, 5.41) is 4.77. The molecule has 1 unspecified atom stereocenters. The number of rotatable bonds is 10. The summed E-state index contributed by atoms with van der Waals surface area (Å²) < 4.78 is 27.9. The lowest BCUT2D eigenvalue weighted by atomic mass is 10.1. The van der Waals surface area contributed by atoms with Crippen LogP contribution < -0.4 is 20.7 Å². The van der Waals surface area contributed by atoms with Gasteiger partial charge in [-0.05, 0) is 30.8 Å². The summed E-state index contributed by atoms with van der Waals surface area (Å²) in [5.41, 5.74) is 0. The van der Waals surface area contributed by atoms with E-state index in [4.69, 9.17) is 8.85 Å². The monoisotopic (exact) mass is 626 g/mol. The van der Waals surface area contributed by atoms with E-state index in [0.29, 0.717) is 19.0 Å². The van der Waals surface area contributed by atoms with Crippen molar-refractivity contribution in [1.82, 2.24) is 0 Å². The van der Waals surface area contributed by atoms with Crippen LogP contribution in [0.2, 0.25) is 10.1 Å². The largest absolute Gasteiger partial charge is 0.407 e. The summed E-state index contributed by atoms with van der Waals surface area (Å²) in [6.45, 7) is 14.8. The molecule has 5 rings (SSSR count). The van der Waals surface area contributed by atoms with Crippen LogP contribution in [0.1, 0.15) is 41.5 Å². The Kier molecular flexibility index (Phi) is 9.45. The van der Waals surface area contributed by atoms with Gasteiger partial charge in [0.15, 0.2) is 0 Å². The van der Waals surface area contributed by atoms with E-state index in [1.807, 2.05) is 0 Å². The van der Waals surface area contributed by atoms with E-state index in [1.54, 1.807) is 0 Å². The van der Waals surface area contributed by atoms with Crippen LogP contribution in [0.5, 0.6) is 0 Å². The SMILES string of the molecule is CC(C)(C)[Si](OC[C@H]1CS(=O)[C@@H]1CO[Si](c1ccccc1)(c1ccccc1)C(C)(C)C)(c1ccccc1)c1ccccc1. The molecule has 0 aromatic heterocycles. The van der Waals surface area contributed by atoms with Gasteiger partial charge in [-0.3, -0.25) is 4.21 Å². The number of hydrogen-bond acceptors (Lipinski definition) is 3. The first kappa shape index (κ1) is 31.8. The molecule has 3 atom stereocenters. The molecule has 226 valence electrons. The molecule has 4 aromatic rings.